The first-order valence-corrected chi connectivity index (χ1v) is 8.68. The molecule has 0 spiro atoms. The maximum atomic E-state index is 12.3. The number of rotatable bonds is 4. The third-order valence-electron chi connectivity index (χ3n) is 3.88. The average Bonchev–Trinajstić information content (AvgIpc) is 2.42. The fraction of sp³-hybridized carbons (Fsp3) is 0.571. The summed E-state index contributed by atoms with van der Waals surface area (Å²) in [6.07, 6.45) is 3.25. The quantitative estimate of drug-likeness (QED) is 0.896. The average molecular weight is 318 g/mol. The van der Waals surface area contributed by atoms with Crippen molar-refractivity contribution >= 4 is 21.6 Å². The molecule has 1 aromatic rings. The van der Waals surface area contributed by atoms with E-state index < -0.39 is 10.0 Å². The lowest BCUT2D eigenvalue weighted by molar-refractivity contribution is 0.180. The second-order valence-corrected chi connectivity index (χ2v) is 7.55. The van der Waals surface area contributed by atoms with Crippen LogP contribution in [-0.2, 0) is 10.0 Å². The van der Waals surface area contributed by atoms with Crippen LogP contribution in [-0.4, -0.2) is 26.2 Å². The van der Waals surface area contributed by atoms with Gasteiger partial charge < -0.3 is 5.11 Å². The molecule has 4 nitrogen and oxygen atoms in total. The summed E-state index contributed by atoms with van der Waals surface area (Å²) in [4.78, 5) is 0.206. The first-order valence-electron chi connectivity index (χ1n) is 6.81. The molecule has 2 rings (SSSR count). The Hall–Kier alpha value is -0.620. The van der Waals surface area contributed by atoms with Gasteiger partial charge >= 0.3 is 0 Å². The molecule has 0 saturated heterocycles. The van der Waals surface area contributed by atoms with E-state index in [4.69, 9.17) is 16.7 Å². The Kier molecular flexibility index (Phi) is 5.07. The number of hydrogen-bond acceptors (Lipinski definition) is 3. The molecular formula is C14H20ClNO3S. The largest absolute Gasteiger partial charge is 0.396 e. The van der Waals surface area contributed by atoms with Crippen LogP contribution in [0.15, 0.2) is 23.1 Å². The molecule has 1 aliphatic rings. The lowest BCUT2D eigenvalue weighted by Crippen LogP contribution is -2.38. The second kappa shape index (κ2) is 6.43. The van der Waals surface area contributed by atoms with E-state index in [9.17, 15) is 8.42 Å². The van der Waals surface area contributed by atoms with Gasteiger partial charge in [0.2, 0.25) is 10.0 Å². The standard InChI is InChI=1S/C14H20ClNO3S/c1-10-2-7-13(8-14(10)15)20(18,19)16-12-5-3-11(9-17)4-6-12/h2,7-8,11-12,16-17H,3-6,9H2,1H3. The van der Waals surface area contributed by atoms with Crippen molar-refractivity contribution in [3.8, 4) is 0 Å². The van der Waals surface area contributed by atoms with Crippen LogP contribution in [0.3, 0.4) is 0 Å². The smallest absolute Gasteiger partial charge is 0.240 e. The number of nitrogens with one attached hydrogen (secondary N) is 1. The summed E-state index contributed by atoms with van der Waals surface area (Å²) in [6.45, 7) is 2.02. The van der Waals surface area contributed by atoms with E-state index in [1.54, 1.807) is 12.1 Å². The Morgan fingerprint density at radius 3 is 2.50 bits per heavy atom. The number of halogens is 1. The van der Waals surface area contributed by atoms with Crippen LogP contribution in [0.4, 0.5) is 0 Å². The van der Waals surface area contributed by atoms with Crippen LogP contribution < -0.4 is 4.72 Å². The predicted molar refractivity (Wildman–Crippen MR) is 79.3 cm³/mol. The highest BCUT2D eigenvalue weighted by Crippen LogP contribution is 2.26. The van der Waals surface area contributed by atoms with Gasteiger partial charge in [0.25, 0.3) is 0 Å². The summed E-state index contributed by atoms with van der Waals surface area (Å²) in [5.74, 6) is 0.310. The van der Waals surface area contributed by atoms with E-state index in [2.05, 4.69) is 4.72 Å². The van der Waals surface area contributed by atoms with Crippen molar-refractivity contribution in [3.05, 3.63) is 28.8 Å². The van der Waals surface area contributed by atoms with E-state index in [-0.39, 0.29) is 17.5 Å². The molecule has 0 radical (unpaired) electrons. The van der Waals surface area contributed by atoms with Gasteiger partial charge in [0.1, 0.15) is 0 Å². The summed E-state index contributed by atoms with van der Waals surface area (Å²) in [7, 11) is -3.52. The van der Waals surface area contributed by atoms with Gasteiger partial charge in [-0.3, -0.25) is 0 Å². The third-order valence-corrected chi connectivity index (χ3v) is 5.81. The maximum absolute atomic E-state index is 12.3. The fourth-order valence-electron chi connectivity index (χ4n) is 2.49. The first kappa shape index (κ1) is 15.8. The second-order valence-electron chi connectivity index (χ2n) is 5.43. The summed E-state index contributed by atoms with van der Waals surface area (Å²) in [5, 5.41) is 9.55. The van der Waals surface area contributed by atoms with Crippen LogP contribution in [0.1, 0.15) is 31.2 Å². The van der Waals surface area contributed by atoms with Gasteiger partial charge in [0, 0.05) is 17.7 Å². The van der Waals surface area contributed by atoms with Crippen LogP contribution in [0.2, 0.25) is 5.02 Å². The van der Waals surface area contributed by atoms with Crippen molar-refractivity contribution in [2.45, 2.75) is 43.5 Å². The molecule has 0 amide bonds. The highest BCUT2D eigenvalue weighted by atomic mass is 35.5. The monoisotopic (exact) mass is 317 g/mol. The number of hydrogen-bond donors (Lipinski definition) is 2. The van der Waals surface area contributed by atoms with Gasteiger partial charge in [0.15, 0.2) is 0 Å². The lowest BCUT2D eigenvalue weighted by atomic mass is 9.87. The summed E-state index contributed by atoms with van der Waals surface area (Å²) < 4.78 is 27.3. The van der Waals surface area contributed by atoms with Gasteiger partial charge in [-0.25, -0.2) is 13.1 Å². The molecule has 0 unspecified atom stereocenters. The normalized spacial score (nSPS) is 23.8. The van der Waals surface area contributed by atoms with Crippen molar-refractivity contribution in [3.63, 3.8) is 0 Å². The molecular weight excluding hydrogens is 298 g/mol. The topological polar surface area (TPSA) is 66.4 Å². The molecule has 6 heteroatoms. The Morgan fingerprint density at radius 1 is 1.30 bits per heavy atom. The van der Waals surface area contributed by atoms with Crippen molar-refractivity contribution in [1.29, 1.82) is 0 Å². The number of sulfonamides is 1. The summed E-state index contributed by atoms with van der Waals surface area (Å²) in [5.41, 5.74) is 0.856. The van der Waals surface area contributed by atoms with Crippen LogP contribution >= 0.6 is 11.6 Å². The van der Waals surface area contributed by atoms with Crippen LogP contribution in [0, 0.1) is 12.8 Å². The number of benzene rings is 1. The number of aryl methyl sites for hydroxylation is 1. The maximum Gasteiger partial charge on any atom is 0.240 e. The third kappa shape index (κ3) is 3.73. The highest BCUT2D eigenvalue weighted by Gasteiger charge is 2.25. The molecule has 2 N–H and O–H groups in total. The van der Waals surface area contributed by atoms with Crippen LogP contribution in [0.5, 0.6) is 0 Å². The number of aliphatic hydroxyl groups excluding tert-OH is 1. The van der Waals surface area contributed by atoms with Crippen molar-refractivity contribution in [1.82, 2.24) is 4.72 Å². The van der Waals surface area contributed by atoms with E-state index in [1.165, 1.54) is 6.07 Å². The lowest BCUT2D eigenvalue weighted by Gasteiger charge is -2.27. The van der Waals surface area contributed by atoms with Crippen molar-refractivity contribution < 1.29 is 13.5 Å². The molecule has 0 aromatic heterocycles. The van der Waals surface area contributed by atoms with Gasteiger partial charge in [-0.15, -0.1) is 0 Å². The zero-order valence-corrected chi connectivity index (χ0v) is 13.0. The predicted octanol–water partition coefficient (Wildman–Crippen LogP) is 2.48. The van der Waals surface area contributed by atoms with Crippen LogP contribution in [0.25, 0.3) is 0 Å². The molecule has 0 aliphatic heterocycles. The molecule has 20 heavy (non-hydrogen) atoms. The van der Waals surface area contributed by atoms with E-state index >= 15 is 0 Å². The number of aliphatic hydroxyl groups is 1. The van der Waals surface area contributed by atoms with Crippen molar-refractivity contribution in [2.75, 3.05) is 6.61 Å². The molecule has 0 atom stereocenters. The summed E-state index contributed by atoms with van der Waals surface area (Å²) in [6, 6.07) is 4.71. The van der Waals surface area contributed by atoms with E-state index in [0.717, 1.165) is 31.2 Å². The van der Waals surface area contributed by atoms with Gasteiger partial charge in [-0.2, -0.15) is 0 Å². The SMILES string of the molecule is Cc1ccc(S(=O)(=O)NC2CCC(CO)CC2)cc1Cl. The molecule has 112 valence electrons. The Balaban J connectivity index is 2.06. The van der Waals surface area contributed by atoms with E-state index in [0.29, 0.717) is 10.9 Å². The zero-order valence-electron chi connectivity index (χ0n) is 11.5. The minimum absolute atomic E-state index is 0.0529. The molecule has 1 fully saturated rings. The van der Waals surface area contributed by atoms with Gasteiger partial charge in [-0.05, 0) is 56.2 Å². The molecule has 0 heterocycles. The molecule has 1 saturated carbocycles. The molecule has 1 aliphatic carbocycles. The van der Waals surface area contributed by atoms with Crippen molar-refractivity contribution in [2.24, 2.45) is 5.92 Å². The first-order chi connectivity index (χ1) is 9.42. The Bertz CT molecular complexity index is 566. The summed E-state index contributed by atoms with van der Waals surface area (Å²) >= 11 is 5.98. The molecule has 1 aromatic carbocycles. The zero-order chi connectivity index (χ0) is 14.8. The van der Waals surface area contributed by atoms with E-state index in [1.807, 2.05) is 6.92 Å². The minimum Gasteiger partial charge on any atom is -0.396 e. The fourth-order valence-corrected chi connectivity index (χ4v) is 4.07. The molecule has 0 bridgehead atoms. The van der Waals surface area contributed by atoms with Gasteiger partial charge in [0.05, 0.1) is 4.90 Å². The Labute approximate surface area is 125 Å². The van der Waals surface area contributed by atoms with Gasteiger partial charge in [-0.1, -0.05) is 17.7 Å². The Morgan fingerprint density at radius 2 is 1.95 bits per heavy atom. The highest BCUT2D eigenvalue weighted by molar-refractivity contribution is 7.89. The minimum atomic E-state index is -3.52.